The minimum atomic E-state index is 0.0898. The number of nitrogens with zero attached hydrogens (tertiary/aromatic N) is 2. The Labute approximate surface area is 72.4 Å². The van der Waals surface area contributed by atoms with E-state index >= 15 is 0 Å². The smallest absolute Gasteiger partial charge is 0.123 e. The van der Waals surface area contributed by atoms with E-state index in [0.717, 1.165) is 24.9 Å². The second-order valence-electron chi connectivity index (χ2n) is 2.96. The summed E-state index contributed by atoms with van der Waals surface area (Å²) in [6, 6.07) is 1.96. The molecule has 1 unspecified atom stereocenters. The Kier molecular flexibility index (Phi) is 3.02. The van der Waals surface area contributed by atoms with Crippen LogP contribution in [0.1, 0.15) is 19.5 Å². The average molecular weight is 166 g/mol. The highest BCUT2D eigenvalue weighted by atomic mass is 16.1. The quantitative estimate of drug-likeness (QED) is 0.631. The summed E-state index contributed by atoms with van der Waals surface area (Å²) in [4.78, 5) is 10.4. The molecular formula is C9H14N2O. The van der Waals surface area contributed by atoms with Crippen LogP contribution < -0.4 is 0 Å². The molecule has 0 amide bonds. The summed E-state index contributed by atoms with van der Waals surface area (Å²) in [7, 11) is 0. The molecule has 0 bridgehead atoms. The topological polar surface area (TPSA) is 34.9 Å². The normalized spacial score (nSPS) is 12.8. The van der Waals surface area contributed by atoms with Crippen LogP contribution in [0.3, 0.4) is 0 Å². The first-order chi connectivity index (χ1) is 5.77. The molecule has 0 spiro atoms. The molecule has 1 aromatic heterocycles. The maximum absolute atomic E-state index is 10.4. The van der Waals surface area contributed by atoms with E-state index in [4.69, 9.17) is 0 Å². The largest absolute Gasteiger partial charge is 0.303 e. The lowest BCUT2D eigenvalue weighted by Gasteiger charge is -2.05. The molecule has 0 saturated carbocycles. The van der Waals surface area contributed by atoms with Gasteiger partial charge in [-0.1, -0.05) is 6.92 Å². The van der Waals surface area contributed by atoms with Gasteiger partial charge >= 0.3 is 0 Å². The van der Waals surface area contributed by atoms with Crippen molar-refractivity contribution in [3.8, 4) is 0 Å². The number of hydrogen-bond donors (Lipinski definition) is 0. The molecule has 3 heteroatoms. The van der Waals surface area contributed by atoms with Crippen molar-refractivity contribution >= 4 is 6.29 Å². The third kappa shape index (κ3) is 1.94. The predicted molar refractivity (Wildman–Crippen MR) is 46.8 cm³/mol. The first kappa shape index (κ1) is 8.97. The van der Waals surface area contributed by atoms with E-state index in [2.05, 4.69) is 5.10 Å². The molecule has 3 nitrogen and oxygen atoms in total. The Morgan fingerprint density at radius 3 is 3.08 bits per heavy atom. The zero-order chi connectivity index (χ0) is 8.97. The van der Waals surface area contributed by atoms with Gasteiger partial charge in [-0.25, -0.2) is 0 Å². The van der Waals surface area contributed by atoms with Crippen molar-refractivity contribution < 1.29 is 4.79 Å². The van der Waals surface area contributed by atoms with E-state index in [9.17, 15) is 4.79 Å². The van der Waals surface area contributed by atoms with Gasteiger partial charge in [0.15, 0.2) is 0 Å². The van der Waals surface area contributed by atoms with Crippen LogP contribution in [0.2, 0.25) is 0 Å². The minimum absolute atomic E-state index is 0.0898. The fourth-order valence-electron chi connectivity index (χ4n) is 1.20. The van der Waals surface area contributed by atoms with Gasteiger partial charge in [0.1, 0.15) is 6.29 Å². The average Bonchev–Trinajstić information content (AvgIpc) is 2.51. The van der Waals surface area contributed by atoms with Gasteiger partial charge in [0.05, 0.1) is 0 Å². The van der Waals surface area contributed by atoms with Crippen LogP contribution in [0.15, 0.2) is 12.3 Å². The number of aldehydes is 1. The van der Waals surface area contributed by atoms with Crippen molar-refractivity contribution in [3.63, 3.8) is 0 Å². The van der Waals surface area contributed by atoms with Crippen LogP contribution in [0.4, 0.5) is 0 Å². The summed E-state index contributed by atoms with van der Waals surface area (Å²) in [6.45, 7) is 4.83. The molecule has 0 saturated heterocycles. The van der Waals surface area contributed by atoms with E-state index in [1.165, 1.54) is 0 Å². The van der Waals surface area contributed by atoms with Gasteiger partial charge in [0, 0.05) is 24.4 Å². The summed E-state index contributed by atoms with van der Waals surface area (Å²) < 4.78 is 1.92. The Bertz CT molecular complexity index is 255. The Morgan fingerprint density at radius 1 is 1.75 bits per heavy atom. The lowest BCUT2D eigenvalue weighted by molar-refractivity contribution is -0.110. The summed E-state index contributed by atoms with van der Waals surface area (Å²) in [5, 5.41) is 4.12. The Balaban J connectivity index is 2.67. The standard InChI is InChI=1S/C9H14N2O/c1-3-11-9(4-5-10-11)6-8(2)7-12/h4-5,7-8H,3,6H2,1-2H3. The third-order valence-corrected chi connectivity index (χ3v) is 1.87. The molecule has 0 radical (unpaired) electrons. The molecular weight excluding hydrogens is 152 g/mol. The molecule has 0 aromatic carbocycles. The van der Waals surface area contributed by atoms with Crippen LogP contribution in [-0.4, -0.2) is 16.1 Å². The van der Waals surface area contributed by atoms with Crippen molar-refractivity contribution in [2.45, 2.75) is 26.8 Å². The highest BCUT2D eigenvalue weighted by Gasteiger charge is 2.05. The molecule has 0 aliphatic heterocycles. The van der Waals surface area contributed by atoms with Gasteiger partial charge in [-0.15, -0.1) is 0 Å². The summed E-state index contributed by atoms with van der Waals surface area (Å²) in [5.41, 5.74) is 1.14. The van der Waals surface area contributed by atoms with Crippen LogP contribution >= 0.6 is 0 Å². The highest BCUT2D eigenvalue weighted by Crippen LogP contribution is 2.05. The third-order valence-electron chi connectivity index (χ3n) is 1.87. The molecule has 1 heterocycles. The van der Waals surface area contributed by atoms with E-state index < -0.39 is 0 Å². The summed E-state index contributed by atoms with van der Waals surface area (Å²) in [6.07, 6.45) is 3.54. The maximum Gasteiger partial charge on any atom is 0.123 e. The van der Waals surface area contributed by atoms with Gasteiger partial charge < -0.3 is 4.79 Å². The van der Waals surface area contributed by atoms with E-state index in [0.29, 0.717) is 0 Å². The van der Waals surface area contributed by atoms with Gasteiger partial charge in [0.25, 0.3) is 0 Å². The SMILES string of the molecule is CCn1nccc1CC(C)C=O. The fourth-order valence-corrected chi connectivity index (χ4v) is 1.20. The van der Waals surface area contributed by atoms with Gasteiger partial charge in [-0.3, -0.25) is 4.68 Å². The van der Waals surface area contributed by atoms with Gasteiger partial charge in [-0.05, 0) is 19.4 Å². The molecule has 1 aromatic rings. The number of hydrogen-bond acceptors (Lipinski definition) is 2. The van der Waals surface area contributed by atoms with Gasteiger partial charge in [-0.2, -0.15) is 5.10 Å². The number of aromatic nitrogens is 2. The predicted octanol–water partition coefficient (Wildman–Crippen LogP) is 1.28. The number of aryl methyl sites for hydroxylation is 1. The Morgan fingerprint density at radius 2 is 2.50 bits per heavy atom. The molecule has 1 atom stereocenters. The molecule has 0 aliphatic carbocycles. The van der Waals surface area contributed by atoms with Crippen molar-refractivity contribution in [3.05, 3.63) is 18.0 Å². The zero-order valence-corrected chi connectivity index (χ0v) is 7.53. The fraction of sp³-hybridized carbons (Fsp3) is 0.556. The number of carbonyl (C=O) groups is 1. The molecule has 1 rings (SSSR count). The van der Waals surface area contributed by atoms with Crippen LogP contribution in [0.25, 0.3) is 0 Å². The molecule has 12 heavy (non-hydrogen) atoms. The van der Waals surface area contributed by atoms with Gasteiger partial charge in [0.2, 0.25) is 0 Å². The van der Waals surface area contributed by atoms with Crippen LogP contribution in [-0.2, 0) is 17.8 Å². The lowest BCUT2D eigenvalue weighted by Crippen LogP contribution is -2.08. The molecule has 0 fully saturated rings. The monoisotopic (exact) mass is 166 g/mol. The summed E-state index contributed by atoms with van der Waals surface area (Å²) in [5.74, 6) is 0.0898. The molecule has 0 N–H and O–H groups in total. The zero-order valence-electron chi connectivity index (χ0n) is 7.53. The molecule has 66 valence electrons. The van der Waals surface area contributed by atoms with E-state index in [1.54, 1.807) is 6.20 Å². The lowest BCUT2D eigenvalue weighted by atomic mass is 10.1. The first-order valence-electron chi connectivity index (χ1n) is 4.24. The van der Waals surface area contributed by atoms with E-state index in [-0.39, 0.29) is 5.92 Å². The second-order valence-corrected chi connectivity index (χ2v) is 2.96. The van der Waals surface area contributed by atoms with Crippen molar-refractivity contribution in [1.29, 1.82) is 0 Å². The van der Waals surface area contributed by atoms with Crippen molar-refractivity contribution in [2.24, 2.45) is 5.92 Å². The van der Waals surface area contributed by atoms with Crippen molar-refractivity contribution in [1.82, 2.24) is 9.78 Å². The van der Waals surface area contributed by atoms with Crippen LogP contribution in [0, 0.1) is 5.92 Å². The number of rotatable bonds is 4. The Hall–Kier alpha value is -1.12. The number of carbonyl (C=O) groups excluding carboxylic acids is 1. The minimum Gasteiger partial charge on any atom is -0.303 e. The maximum atomic E-state index is 10.4. The van der Waals surface area contributed by atoms with Crippen LogP contribution in [0.5, 0.6) is 0 Å². The summed E-state index contributed by atoms with van der Waals surface area (Å²) >= 11 is 0. The molecule has 0 aliphatic rings. The highest BCUT2D eigenvalue weighted by molar-refractivity contribution is 5.53. The first-order valence-corrected chi connectivity index (χ1v) is 4.24. The second kappa shape index (κ2) is 4.04. The van der Waals surface area contributed by atoms with Crippen molar-refractivity contribution in [2.75, 3.05) is 0 Å². The van der Waals surface area contributed by atoms with E-state index in [1.807, 2.05) is 24.6 Å².